The standard InChI is InChI=1S/C57H37N5/c1-4-16-38(17-5-1)41-28-30-42(31-29-41)45-34-44(40-20-8-3-9-21-40)35-46(36-45)55-58-56(61-51-25-13-10-22-47(51)48-23-11-14-26-52(48)61)60-57(59-55)62-53-27-15-12-24-49(53)50-33-32-43(37-54(50)62)39-18-6-2-7-19-39/h1-37H. The molecule has 12 rings (SSSR count). The average molecular weight is 792 g/mol. The van der Waals surface area contributed by atoms with Gasteiger partial charge in [0.25, 0.3) is 0 Å². The molecule has 0 amide bonds. The average Bonchev–Trinajstić information content (AvgIpc) is 3.87. The number of para-hydroxylation sites is 3. The normalized spacial score (nSPS) is 11.5. The topological polar surface area (TPSA) is 48.5 Å². The van der Waals surface area contributed by atoms with Gasteiger partial charge in [0, 0.05) is 27.1 Å². The smallest absolute Gasteiger partial charge is 0.240 e. The molecule has 3 heterocycles. The Morgan fingerprint density at radius 1 is 0.226 bits per heavy atom. The van der Waals surface area contributed by atoms with Crippen LogP contribution in [-0.4, -0.2) is 24.1 Å². The minimum absolute atomic E-state index is 0.544. The van der Waals surface area contributed by atoms with Crippen LogP contribution in [0.25, 0.3) is 111 Å². The molecule has 0 aliphatic heterocycles. The van der Waals surface area contributed by atoms with E-state index in [0.717, 1.165) is 82.6 Å². The molecule has 0 saturated heterocycles. The summed E-state index contributed by atoms with van der Waals surface area (Å²) in [6, 6.07) is 79.3. The van der Waals surface area contributed by atoms with E-state index in [2.05, 4.69) is 234 Å². The van der Waals surface area contributed by atoms with Crippen molar-refractivity contribution in [3.63, 3.8) is 0 Å². The van der Waals surface area contributed by atoms with E-state index in [1.165, 1.54) is 11.1 Å². The van der Waals surface area contributed by atoms with Crippen LogP contribution in [0.2, 0.25) is 0 Å². The van der Waals surface area contributed by atoms with Gasteiger partial charge in [-0.1, -0.05) is 182 Å². The van der Waals surface area contributed by atoms with Crippen molar-refractivity contribution in [1.82, 2.24) is 24.1 Å². The lowest BCUT2D eigenvalue weighted by atomic mass is 9.94. The highest BCUT2D eigenvalue weighted by Gasteiger charge is 2.21. The van der Waals surface area contributed by atoms with Crippen LogP contribution in [0.3, 0.4) is 0 Å². The van der Waals surface area contributed by atoms with Crippen molar-refractivity contribution in [3.05, 3.63) is 224 Å². The Hall–Kier alpha value is -8.41. The fraction of sp³-hybridized carbons (Fsp3) is 0. The lowest BCUT2D eigenvalue weighted by Crippen LogP contribution is -2.10. The zero-order valence-electron chi connectivity index (χ0n) is 33.6. The number of nitrogens with zero attached hydrogens (tertiary/aromatic N) is 5. The molecule has 0 atom stereocenters. The van der Waals surface area contributed by atoms with Gasteiger partial charge in [0.15, 0.2) is 5.82 Å². The van der Waals surface area contributed by atoms with E-state index < -0.39 is 0 Å². The number of aromatic nitrogens is 5. The number of rotatable bonds is 7. The van der Waals surface area contributed by atoms with Gasteiger partial charge < -0.3 is 0 Å². The molecule has 0 aliphatic rings. The van der Waals surface area contributed by atoms with Gasteiger partial charge in [-0.3, -0.25) is 9.13 Å². The van der Waals surface area contributed by atoms with Crippen molar-refractivity contribution in [2.45, 2.75) is 0 Å². The summed E-state index contributed by atoms with van der Waals surface area (Å²) in [5.74, 6) is 1.67. The summed E-state index contributed by atoms with van der Waals surface area (Å²) in [5.41, 5.74) is 14.0. The third-order valence-electron chi connectivity index (χ3n) is 12.0. The van der Waals surface area contributed by atoms with Crippen molar-refractivity contribution in [2.75, 3.05) is 0 Å². The molecule has 0 unspecified atom stereocenters. The first-order chi connectivity index (χ1) is 30.7. The zero-order valence-corrected chi connectivity index (χ0v) is 33.6. The van der Waals surface area contributed by atoms with E-state index >= 15 is 0 Å². The van der Waals surface area contributed by atoms with E-state index in [1.54, 1.807) is 0 Å². The Morgan fingerprint density at radius 3 is 1.06 bits per heavy atom. The van der Waals surface area contributed by atoms with Crippen molar-refractivity contribution >= 4 is 43.6 Å². The summed E-state index contributed by atoms with van der Waals surface area (Å²) < 4.78 is 4.40. The molecule has 62 heavy (non-hydrogen) atoms. The van der Waals surface area contributed by atoms with Crippen LogP contribution in [-0.2, 0) is 0 Å². The van der Waals surface area contributed by atoms with Crippen LogP contribution in [0.5, 0.6) is 0 Å². The predicted molar refractivity (Wildman–Crippen MR) is 256 cm³/mol. The van der Waals surface area contributed by atoms with Crippen molar-refractivity contribution in [3.8, 4) is 67.8 Å². The molecule has 3 aromatic heterocycles. The van der Waals surface area contributed by atoms with Gasteiger partial charge in [-0.2, -0.15) is 15.0 Å². The van der Waals surface area contributed by atoms with Gasteiger partial charge in [0.2, 0.25) is 11.9 Å². The van der Waals surface area contributed by atoms with Crippen LogP contribution in [0.1, 0.15) is 0 Å². The molecule has 9 aromatic carbocycles. The number of hydrogen-bond acceptors (Lipinski definition) is 3. The number of fused-ring (bicyclic) bond motifs is 6. The summed E-state index contributed by atoms with van der Waals surface area (Å²) in [5, 5.41) is 4.55. The van der Waals surface area contributed by atoms with Gasteiger partial charge >= 0.3 is 0 Å². The summed E-state index contributed by atoms with van der Waals surface area (Å²) in [7, 11) is 0. The first-order valence-corrected chi connectivity index (χ1v) is 20.9. The van der Waals surface area contributed by atoms with Crippen LogP contribution < -0.4 is 0 Å². The van der Waals surface area contributed by atoms with Crippen molar-refractivity contribution in [2.24, 2.45) is 0 Å². The highest BCUT2D eigenvalue weighted by molar-refractivity contribution is 6.11. The van der Waals surface area contributed by atoms with Gasteiger partial charge in [-0.25, -0.2) is 0 Å². The lowest BCUT2D eigenvalue weighted by Gasteiger charge is -2.15. The van der Waals surface area contributed by atoms with Crippen LogP contribution in [0, 0.1) is 0 Å². The lowest BCUT2D eigenvalue weighted by molar-refractivity contribution is 0.893. The molecule has 0 N–H and O–H groups in total. The van der Waals surface area contributed by atoms with E-state index in [-0.39, 0.29) is 0 Å². The highest BCUT2D eigenvalue weighted by Crippen LogP contribution is 2.38. The van der Waals surface area contributed by atoms with Crippen LogP contribution >= 0.6 is 0 Å². The Labute approximate surface area is 358 Å². The summed E-state index contributed by atoms with van der Waals surface area (Å²) >= 11 is 0. The Kier molecular flexibility index (Phi) is 8.42. The second kappa shape index (κ2) is 14.7. The van der Waals surface area contributed by atoms with Crippen molar-refractivity contribution < 1.29 is 0 Å². The number of benzene rings is 9. The molecular formula is C57H37N5. The monoisotopic (exact) mass is 791 g/mol. The Morgan fingerprint density at radius 2 is 0.565 bits per heavy atom. The third kappa shape index (κ3) is 6.06. The SMILES string of the molecule is c1ccc(-c2ccc(-c3cc(-c4ccccc4)cc(-c4nc(-n5c6ccccc6c6ccccc65)nc(-n5c6ccccc6c6ccc(-c7ccccc7)cc65)n4)c3)cc2)cc1. The molecule has 0 radical (unpaired) electrons. The second-order valence-electron chi connectivity index (χ2n) is 15.7. The Bertz CT molecular complexity index is 3550. The van der Waals surface area contributed by atoms with Gasteiger partial charge in [-0.15, -0.1) is 0 Å². The van der Waals surface area contributed by atoms with Crippen LogP contribution in [0.15, 0.2) is 224 Å². The minimum atomic E-state index is 0.544. The highest BCUT2D eigenvalue weighted by atomic mass is 15.3. The number of hydrogen-bond donors (Lipinski definition) is 0. The van der Waals surface area contributed by atoms with Gasteiger partial charge in [-0.05, 0) is 87.0 Å². The minimum Gasteiger partial charge on any atom is -0.278 e. The first-order valence-electron chi connectivity index (χ1n) is 20.9. The molecule has 0 fully saturated rings. The van der Waals surface area contributed by atoms with E-state index in [9.17, 15) is 0 Å². The Balaban J connectivity index is 1.14. The molecule has 0 spiro atoms. The van der Waals surface area contributed by atoms with Gasteiger partial charge in [0.05, 0.1) is 22.1 Å². The first kappa shape index (κ1) is 35.5. The molecule has 0 saturated carbocycles. The fourth-order valence-electron chi connectivity index (χ4n) is 9.02. The molecule has 12 aromatic rings. The maximum atomic E-state index is 5.47. The quantitative estimate of drug-likeness (QED) is 0.162. The van der Waals surface area contributed by atoms with Crippen LogP contribution in [0.4, 0.5) is 0 Å². The summed E-state index contributed by atoms with van der Waals surface area (Å²) in [6.45, 7) is 0. The molecular weight excluding hydrogens is 755 g/mol. The third-order valence-corrected chi connectivity index (χ3v) is 12.0. The van der Waals surface area contributed by atoms with E-state index in [0.29, 0.717) is 17.7 Å². The predicted octanol–water partition coefficient (Wildman–Crippen LogP) is 14.4. The fourth-order valence-corrected chi connectivity index (χ4v) is 9.02. The molecule has 290 valence electrons. The van der Waals surface area contributed by atoms with Gasteiger partial charge in [0.1, 0.15) is 0 Å². The maximum Gasteiger partial charge on any atom is 0.240 e. The summed E-state index contributed by atoms with van der Waals surface area (Å²) in [6.07, 6.45) is 0. The molecule has 5 heteroatoms. The van der Waals surface area contributed by atoms with Crippen molar-refractivity contribution in [1.29, 1.82) is 0 Å². The molecule has 0 bridgehead atoms. The van der Waals surface area contributed by atoms with E-state index in [1.807, 2.05) is 0 Å². The molecule has 0 aliphatic carbocycles. The summed E-state index contributed by atoms with van der Waals surface area (Å²) in [4.78, 5) is 16.4. The maximum absolute atomic E-state index is 5.47. The van der Waals surface area contributed by atoms with E-state index in [4.69, 9.17) is 15.0 Å². The molecule has 5 nitrogen and oxygen atoms in total. The zero-order chi connectivity index (χ0) is 41.0. The second-order valence-corrected chi connectivity index (χ2v) is 15.7. The largest absolute Gasteiger partial charge is 0.278 e.